The molecule has 1 heterocycles. The fraction of sp³-hybridized carbons (Fsp3) is 0.360. The van der Waals surface area contributed by atoms with Gasteiger partial charge >= 0.3 is 0 Å². The highest BCUT2D eigenvalue weighted by Gasteiger charge is 2.46. The van der Waals surface area contributed by atoms with Crippen molar-refractivity contribution in [1.29, 1.82) is 0 Å². The highest BCUT2D eigenvalue weighted by molar-refractivity contribution is 6.46. The lowest BCUT2D eigenvalue weighted by molar-refractivity contribution is -0.140. The van der Waals surface area contributed by atoms with E-state index in [4.69, 9.17) is 9.47 Å². The Morgan fingerprint density at radius 2 is 1.84 bits per heavy atom. The van der Waals surface area contributed by atoms with Gasteiger partial charge in [0.25, 0.3) is 11.7 Å². The first-order valence-corrected chi connectivity index (χ1v) is 10.5. The Morgan fingerprint density at radius 3 is 2.52 bits per heavy atom. The molecule has 2 aromatic carbocycles. The molecular weight excluding hydrogens is 394 g/mol. The first-order chi connectivity index (χ1) is 14.9. The first kappa shape index (κ1) is 22.6. The van der Waals surface area contributed by atoms with Crippen LogP contribution in [0.25, 0.3) is 5.76 Å². The molecule has 1 atom stereocenters. The number of amides is 1. The van der Waals surface area contributed by atoms with Gasteiger partial charge in [-0.3, -0.25) is 9.59 Å². The number of nitrogens with zero attached hydrogens (tertiary/aromatic N) is 1. The van der Waals surface area contributed by atoms with Gasteiger partial charge in [-0.2, -0.15) is 0 Å². The minimum Gasteiger partial charge on any atom is -0.507 e. The molecule has 1 saturated heterocycles. The average Bonchev–Trinajstić information content (AvgIpc) is 3.02. The lowest BCUT2D eigenvalue weighted by Crippen LogP contribution is -2.32. The van der Waals surface area contributed by atoms with E-state index >= 15 is 0 Å². The standard InChI is InChI=1S/C25H29NO5/c1-5-12-31-20-8-6-7-18(15-20)22-21(24(28)25(29)26(22)11-13-30-4)23(27)19-10-9-16(2)17(3)14-19/h6-10,14-15,22,27H,5,11-13H2,1-4H3/b23-21-. The number of benzene rings is 2. The second-order valence-electron chi connectivity index (χ2n) is 7.71. The van der Waals surface area contributed by atoms with Crippen LogP contribution in [-0.4, -0.2) is 48.6 Å². The topological polar surface area (TPSA) is 76.1 Å². The summed E-state index contributed by atoms with van der Waals surface area (Å²) < 4.78 is 10.9. The Hall–Kier alpha value is -3.12. The van der Waals surface area contributed by atoms with E-state index in [1.54, 1.807) is 13.2 Å². The minimum atomic E-state index is -0.720. The van der Waals surface area contributed by atoms with Crippen molar-refractivity contribution in [2.45, 2.75) is 33.2 Å². The molecule has 1 unspecified atom stereocenters. The van der Waals surface area contributed by atoms with Crippen LogP contribution >= 0.6 is 0 Å². The largest absolute Gasteiger partial charge is 0.507 e. The van der Waals surface area contributed by atoms with Crippen LogP contribution in [0.4, 0.5) is 0 Å². The number of rotatable bonds is 8. The van der Waals surface area contributed by atoms with E-state index in [0.717, 1.165) is 17.5 Å². The van der Waals surface area contributed by atoms with E-state index in [2.05, 4.69) is 0 Å². The maximum absolute atomic E-state index is 13.0. The summed E-state index contributed by atoms with van der Waals surface area (Å²) in [4.78, 5) is 27.3. The summed E-state index contributed by atoms with van der Waals surface area (Å²) in [5, 5.41) is 11.1. The van der Waals surface area contributed by atoms with Crippen molar-refractivity contribution >= 4 is 17.4 Å². The number of carbonyl (C=O) groups excluding carboxylic acids is 2. The van der Waals surface area contributed by atoms with E-state index in [1.165, 1.54) is 4.90 Å². The molecule has 1 N–H and O–H groups in total. The fourth-order valence-electron chi connectivity index (χ4n) is 3.69. The highest BCUT2D eigenvalue weighted by atomic mass is 16.5. The Bertz CT molecular complexity index is 1010. The van der Waals surface area contributed by atoms with Crippen molar-refractivity contribution in [2.24, 2.45) is 0 Å². The number of ketones is 1. The number of aryl methyl sites for hydroxylation is 2. The van der Waals surface area contributed by atoms with Gasteiger partial charge in [0.1, 0.15) is 11.5 Å². The smallest absolute Gasteiger partial charge is 0.295 e. The van der Waals surface area contributed by atoms with E-state index in [1.807, 2.05) is 57.2 Å². The second-order valence-corrected chi connectivity index (χ2v) is 7.71. The molecule has 0 aliphatic carbocycles. The van der Waals surface area contributed by atoms with Crippen LogP contribution in [-0.2, 0) is 14.3 Å². The lowest BCUT2D eigenvalue weighted by atomic mass is 9.94. The van der Waals surface area contributed by atoms with E-state index in [-0.39, 0.29) is 24.5 Å². The van der Waals surface area contributed by atoms with Crippen LogP contribution in [0, 0.1) is 13.8 Å². The molecular formula is C25H29NO5. The third-order valence-corrected chi connectivity index (χ3v) is 5.50. The van der Waals surface area contributed by atoms with Gasteiger partial charge in [0.05, 0.1) is 24.8 Å². The monoisotopic (exact) mass is 423 g/mol. The Labute approximate surface area is 183 Å². The molecule has 1 fully saturated rings. The molecule has 2 aromatic rings. The van der Waals surface area contributed by atoms with Crippen molar-refractivity contribution in [3.8, 4) is 5.75 Å². The number of ether oxygens (including phenoxy) is 2. The predicted molar refractivity (Wildman–Crippen MR) is 119 cm³/mol. The molecule has 6 nitrogen and oxygen atoms in total. The lowest BCUT2D eigenvalue weighted by Gasteiger charge is -2.25. The van der Waals surface area contributed by atoms with E-state index in [9.17, 15) is 14.7 Å². The van der Waals surface area contributed by atoms with Gasteiger partial charge in [-0.25, -0.2) is 0 Å². The number of likely N-dealkylation sites (tertiary alicyclic amines) is 1. The summed E-state index contributed by atoms with van der Waals surface area (Å²) in [6, 6.07) is 12.1. The van der Waals surface area contributed by atoms with Crippen molar-refractivity contribution in [3.05, 3.63) is 70.3 Å². The van der Waals surface area contributed by atoms with Gasteiger partial charge in [0, 0.05) is 19.2 Å². The molecule has 3 rings (SSSR count). The summed E-state index contributed by atoms with van der Waals surface area (Å²) in [5.41, 5.74) is 3.36. The van der Waals surface area contributed by atoms with Crippen molar-refractivity contribution in [1.82, 2.24) is 4.90 Å². The van der Waals surface area contributed by atoms with Crippen LogP contribution < -0.4 is 4.74 Å². The molecule has 31 heavy (non-hydrogen) atoms. The van der Waals surface area contributed by atoms with Gasteiger partial charge in [-0.1, -0.05) is 31.2 Å². The van der Waals surface area contributed by atoms with Crippen LogP contribution in [0.1, 0.15) is 41.6 Å². The van der Waals surface area contributed by atoms with Crippen molar-refractivity contribution in [2.75, 3.05) is 26.9 Å². The number of Topliss-reactive ketones (excluding diaryl/α,β-unsaturated/α-hetero) is 1. The number of carbonyl (C=O) groups is 2. The fourth-order valence-corrected chi connectivity index (χ4v) is 3.69. The number of aliphatic hydroxyl groups is 1. The van der Waals surface area contributed by atoms with Gasteiger partial charge in [0.2, 0.25) is 0 Å². The molecule has 6 heteroatoms. The molecule has 0 radical (unpaired) electrons. The van der Waals surface area contributed by atoms with Gasteiger partial charge in [0.15, 0.2) is 0 Å². The normalized spacial score (nSPS) is 17.9. The minimum absolute atomic E-state index is 0.0806. The average molecular weight is 424 g/mol. The molecule has 0 spiro atoms. The molecule has 1 aliphatic rings. The number of methoxy groups -OCH3 is 1. The predicted octanol–water partition coefficient (Wildman–Crippen LogP) is 4.16. The SMILES string of the molecule is CCCOc1cccc(C2/C(=C(/O)c3ccc(C)c(C)c3)C(=O)C(=O)N2CCOC)c1. The Balaban J connectivity index is 2.14. The molecule has 0 aromatic heterocycles. The summed E-state index contributed by atoms with van der Waals surface area (Å²) in [6.07, 6.45) is 0.864. The third-order valence-electron chi connectivity index (χ3n) is 5.50. The molecule has 164 valence electrons. The molecule has 0 bridgehead atoms. The first-order valence-electron chi connectivity index (χ1n) is 10.5. The van der Waals surface area contributed by atoms with Crippen molar-refractivity contribution in [3.63, 3.8) is 0 Å². The second kappa shape index (κ2) is 9.79. The Kier molecular flexibility index (Phi) is 7.13. The quantitative estimate of drug-likeness (QED) is 0.392. The van der Waals surface area contributed by atoms with Gasteiger partial charge in [-0.05, 0) is 55.2 Å². The zero-order valence-corrected chi connectivity index (χ0v) is 18.5. The Morgan fingerprint density at radius 1 is 1.06 bits per heavy atom. The van der Waals surface area contributed by atoms with Gasteiger partial charge in [-0.15, -0.1) is 0 Å². The maximum atomic E-state index is 13.0. The van der Waals surface area contributed by atoms with Gasteiger partial charge < -0.3 is 19.5 Å². The highest BCUT2D eigenvalue weighted by Crippen LogP contribution is 2.40. The summed E-state index contributed by atoms with van der Waals surface area (Å²) in [7, 11) is 1.54. The van der Waals surface area contributed by atoms with Crippen LogP contribution in [0.3, 0.4) is 0 Å². The third kappa shape index (κ3) is 4.64. The summed E-state index contributed by atoms with van der Waals surface area (Å²) >= 11 is 0. The van der Waals surface area contributed by atoms with Crippen molar-refractivity contribution < 1.29 is 24.2 Å². The number of hydrogen-bond acceptors (Lipinski definition) is 5. The van der Waals surface area contributed by atoms with Crippen LogP contribution in [0.5, 0.6) is 5.75 Å². The van der Waals surface area contributed by atoms with Crippen LogP contribution in [0.15, 0.2) is 48.0 Å². The summed E-state index contributed by atoms with van der Waals surface area (Å²) in [6.45, 7) is 7.01. The molecule has 1 amide bonds. The maximum Gasteiger partial charge on any atom is 0.295 e. The molecule has 1 aliphatic heterocycles. The van der Waals surface area contributed by atoms with E-state index in [0.29, 0.717) is 23.5 Å². The zero-order chi connectivity index (χ0) is 22.5. The molecule has 0 saturated carbocycles. The van der Waals surface area contributed by atoms with E-state index < -0.39 is 17.7 Å². The van der Waals surface area contributed by atoms with Crippen LogP contribution in [0.2, 0.25) is 0 Å². The number of aliphatic hydroxyl groups excluding tert-OH is 1. The zero-order valence-electron chi connectivity index (χ0n) is 18.5. The number of hydrogen-bond donors (Lipinski definition) is 1. The summed E-state index contributed by atoms with van der Waals surface area (Å²) in [5.74, 6) is -0.863.